The van der Waals surface area contributed by atoms with Crippen molar-refractivity contribution in [2.45, 2.75) is 6.92 Å². The van der Waals surface area contributed by atoms with E-state index in [0.717, 1.165) is 11.1 Å². The molecule has 0 bridgehead atoms. The molecule has 96 valence electrons. The Kier molecular flexibility index (Phi) is 4.37. The third kappa shape index (κ3) is 3.46. The number of carbonyl (C=O) groups excluding carboxylic acids is 1. The molecule has 1 N–H and O–H groups in total. The number of allylic oxidation sites excluding steroid dienone is 1. The van der Waals surface area contributed by atoms with Crippen molar-refractivity contribution in [3.8, 4) is 11.1 Å². The maximum atomic E-state index is 11.4. The van der Waals surface area contributed by atoms with Crippen LogP contribution in [0.4, 0.5) is 5.69 Å². The van der Waals surface area contributed by atoms with E-state index in [4.69, 9.17) is 11.6 Å². The summed E-state index contributed by atoms with van der Waals surface area (Å²) in [6.07, 6.45) is 3.16. The third-order valence-corrected chi connectivity index (χ3v) is 2.95. The van der Waals surface area contributed by atoms with Gasteiger partial charge in [0, 0.05) is 11.3 Å². The number of carbonyl (C=O) groups is 1. The van der Waals surface area contributed by atoms with Crippen LogP contribution in [0.25, 0.3) is 11.1 Å². The van der Waals surface area contributed by atoms with Crippen LogP contribution in [0.15, 0.2) is 60.7 Å². The van der Waals surface area contributed by atoms with Crippen molar-refractivity contribution in [1.82, 2.24) is 0 Å². The van der Waals surface area contributed by atoms with Gasteiger partial charge in [-0.15, -0.1) is 0 Å². The molecule has 0 aliphatic carbocycles. The van der Waals surface area contributed by atoms with Crippen molar-refractivity contribution in [1.29, 1.82) is 0 Å². The summed E-state index contributed by atoms with van der Waals surface area (Å²) in [7, 11) is 0. The highest BCUT2D eigenvalue weighted by atomic mass is 35.5. The summed E-state index contributed by atoms with van der Waals surface area (Å²) in [5, 5.41) is 3.37. The second kappa shape index (κ2) is 6.21. The lowest BCUT2D eigenvalue weighted by Gasteiger charge is -2.07. The quantitative estimate of drug-likeness (QED) is 0.817. The molecule has 19 heavy (non-hydrogen) atoms. The number of benzene rings is 2. The molecule has 2 nitrogen and oxygen atoms in total. The minimum Gasteiger partial charge on any atom is -0.322 e. The molecule has 0 fully saturated rings. The Morgan fingerprint density at radius 2 is 1.89 bits per heavy atom. The zero-order chi connectivity index (χ0) is 13.7. The second-order valence-corrected chi connectivity index (χ2v) is 4.46. The Labute approximate surface area is 117 Å². The predicted molar refractivity (Wildman–Crippen MR) is 80.3 cm³/mol. The average Bonchev–Trinajstić information content (AvgIpc) is 2.40. The van der Waals surface area contributed by atoms with Gasteiger partial charge in [-0.25, -0.2) is 0 Å². The third-order valence-electron chi connectivity index (χ3n) is 2.64. The van der Waals surface area contributed by atoms with Crippen LogP contribution in [0.5, 0.6) is 0 Å². The largest absolute Gasteiger partial charge is 0.322 e. The Morgan fingerprint density at radius 1 is 1.16 bits per heavy atom. The first-order valence-corrected chi connectivity index (χ1v) is 6.37. The van der Waals surface area contributed by atoms with Crippen molar-refractivity contribution >= 4 is 23.2 Å². The van der Waals surface area contributed by atoms with E-state index in [9.17, 15) is 4.79 Å². The smallest absolute Gasteiger partial charge is 0.248 e. The number of amides is 1. The lowest BCUT2D eigenvalue weighted by Crippen LogP contribution is -2.07. The Morgan fingerprint density at radius 3 is 2.53 bits per heavy atom. The highest BCUT2D eigenvalue weighted by Gasteiger charge is 2.05. The van der Waals surface area contributed by atoms with E-state index >= 15 is 0 Å². The predicted octanol–water partition coefficient (Wildman–Crippen LogP) is 4.52. The van der Waals surface area contributed by atoms with Crippen molar-refractivity contribution in [3.05, 3.63) is 65.7 Å². The van der Waals surface area contributed by atoms with Crippen LogP contribution in [-0.4, -0.2) is 5.91 Å². The first-order chi connectivity index (χ1) is 9.20. The maximum absolute atomic E-state index is 11.4. The van der Waals surface area contributed by atoms with Gasteiger partial charge in [-0.05, 0) is 30.7 Å². The summed E-state index contributed by atoms with van der Waals surface area (Å²) < 4.78 is 0. The lowest BCUT2D eigenvalue weighted by molar-refractivity contribution is -0.111. The minimum atomic E-state index is -0.161. The summed E-state index contributed by atoms with van der Waals surface area (Å²) in [4.78, 5) is 11.4. The standard InChI is InChI=1S/C16H14ClNO/c1-2-6-16(19)18-13-9-10-14(15(17)11-13)12-7-4-3-5-8-12/h2-11H,1H3,(H,18,19)/b6-2+. The molecule has 0 saturated heterocycles. The summed E-state index contributed by atoms with van der Waals surface area (Å²) in [6, 6.07) is 15.4. The fourth-order valence-electron chi connectivity index (χ4n) is 1.78. The van der Waals surface area contributed by atoms with Crippen LogP contribution >= 0.6 is 11.6 Å². The van der Waals surface area contributed by atoms with Gasteiger partial charge in [0.05, 0.1) is 5.02 Å². The van der Waals surface area contributed by atoms with Crippen LogP contribution < -0.4 is 5.32 Å². The van der Waals surface area contributed by atoms with Gasteiger partial charge in [0.15, 0.2) is 0 Å². The molecule has 1 amide bonds. The summed E-state index contributed by atoms with van der Waals surface area (Å²) in [5.74, 6) is -0.161. The van der Waals surface area contributed by atoms with E-state index in [-0.39, 0.29) is 5.91 Å². The monoisotopic (exact) mass is 271 g/mol. The first-order valence-electron chi connectivity index (χ1n) is 5.99. The summed E-state index contributed by atoms with van der Waals surface area (Å²) in [5.41, 5.74) is 2.69. The topological polar surface area (TPSA) is 29.1 Å². The molecule has 3 heteroatoms. The Bertz CT molecular complexity index is 605. The molecular formula is C16H14ClNO. The molecule has 2 aromatic carbocycles. The zero-order valence-electron chi connectivity index (χ0n) is 10.6. The number of hydrogen-bond acceptors (Lipinski definition) is 1. The van der Waals surface area contributed by atoms with Crippen molar-refractivity contribution < 1.29 is 4.79 Å². The first kappa shape index (κ1) is 13.4. The van der Waals surface area contributed by atoms with E-state index in [1.807, 2.05) is 42.5 Å². The minimum absolute atomic E-state index is 0.161. The van der Waals surface area contributed by atoms with E-state index in [1.165, 1.54) is 6.08 Å². The molecule has 0 saturated carbocycles. The van der Waals surface area contributed by atoms with Crippen LogP contribution in [0.3, 0.4) is 0 Å². The molecule has 0 atom stereocenters. The van der Waals surface area contributed by atoms with Crippen LogP contribution in [0.1, 0.15) is 6.92 Å². The van der Waals surface area contributed by atoms with Gasteiger partial charge in [0.1, 0.15) is 0 Å². The maximum Gasteiger partial charge on any atom is 0.248 e. The van der Waals surface area contributed by atoms with Crippen molar-refractivity contribution in [3.63, 3.8) is 0 Å². The van der Waals surface area contributed by atoms with Gasteiger partial charge in [0.25, 0.3) is 0 Å². The number of hydrogen-bond donors (Lipinski definition) is 1. The molecule has 0 aliphatic rings. The molecule has 0 spiro atoms. The Hall–Kier alpha value is -2.06. The van der Waals surface area contributed by atoms with Gasteiger partial charge in [-0.3, -0.25) is 4.79 Å². The SMILES string of the molecule is C/C=C/C(=O)Nc1ccc(-c2ccccc2)c(Cl)c1. The molecular weight excluding hydrogens is 258 g/mol. The highest BCUT2D eigenvalue weighted by molar-refractivity contribution is 6.33. The molecule has 2 aromatic rings. The van der Waals surface area contributed by atoms with E-state index in [1.54, 1.807) is 19.1 Å². The van der Waals surface area contributed by atoms with Crippen LogP contribution in [-0.2, 0) is 4.79 Å². The normalized spacial score (nSPS) is 10.6. The second-order valence-electron chi connectivity index (χ2n) is 4.05. The summed E-state index contributed by atoms with van der Waals surface area (Å²) in [6.45, 7) is 1.80. The van der Waals surface area contributed by atoms with Gasteiger partial charge in [-0.1, -0.05) is 54.1 Å². The van der Waals surface area contributed by atoms with E-state index in [2.05, 4.69) is 5.32 Å². The highest BCUT2D eigenvalue weighted by Crippen LogP contribution is 2.30. The fraction of sp³-hybridized carbons (Fsp3) is 0.0625. The number of nitrogens with one attached hydrogen (secondary N) is 1. The fourth-order valence-corrected chi connectivity index (χ4v) is 2.07. The van der Waals surface area contributed by atoms with Gasteiger partial charge in [-0.2, -0.15) is 0 Å². The average molecular weight is 272 g/mol. The zero-order valence-corrected chi connectivity index (χ0v) is 11.3. The van der Waals surface area contributed by atoms with E-state index in [0.29, 0.717) is 10.7 Å². The van der Waals surface area contributed by atoms with E-state index < -0.39 is 0 Å². The number of anilines is 1. The van der Waals surface area contributed by atoms with Crippen LogP contribution in [0.2, 0.25) is 5.02 Å². The lowest BCUT2D eigenvalue weighted by atomic mass is 10.1. The molecule has 0 aromatic heterocycles. The molecule has 2 rings (SSSR count). The van der Waals surface area contributed by atoms with Gasteiger partial charge < -0.3 is 5.32 Å². The number of halogens is 1. The van der Waals surface area contributed by atoms with Crippen molar-refractivity contribution in [2.24, 2.45) is 0 Å². The van der Waals surface area contributed by atoms with Gasteiger partial charge in [0.2, 0.25) is 5.91 Å². The van der Waals surface area contributed by atoms with Crippen LogP contribution in [0, 0.1) is 0 Å². The Balaban J connectivity index is 2.25. The summed E-state index contributed by atoms with van der Waals surface area (Å²) >= 11 is 6.26. The van der Waals surface area contributed by atoms with Crippen molar-refractivity contribution in [2.75, 3.05) is 5.32 Å². The molecule has 0 radical (unpaired) electrons. The molecule has 0 heterocycles. The molecule has 0 aliphatic heterocycles. The van der Waals surface area contributed by atoms with Gasteiger partial charge >= 0.3 is 0 Å². The molecule has 0 unspecified atom stereocenters. The number of rotatable bonds is 3.